The third kappa shape index (κ3) is 7.66. The molecule has 0 amide bonds. The molecular weight excluding hydrogens is 472 g/mol. The second-order valence-electron chi connectivity index (χ2n) is 8.98. The monoisotopic (exact) mass is 506 g/mol. The van der Waals surface area contributed by atoms with E-state index in [9.17, 15) is 9.90 Å². The van der Waals surface area contributed by atoms with Gasteiger partial charge >= 0.3 is 0 Å². The van der Waals surface area contributed by atoms with Gasteiger partial charge in [-0.2, -0.15) is 0 Å². The van der Waals surface area contributed by atoms with Crippen molar-refractivity contribution >= 4 is 35.0 Å². The fourth-order valence-corrected chi connectivity index (χ4v) is 4.39. The van der Waals surface area contributed by atoms with Gasteiger partial charge in [-0.05, 0) is 74.2 Å². The molecule has 0 aliphatic heterocycles. The van der Waals surface area contributed by atoms with Crippen LogP contribution < -0.4 is 10.0 Å². The van der Waals surface area contributed by atoms with Gasteiger partial charge < -0.3 is 24.8 Å². The van der Waals surface area contributed by atoms with Crippen LogP contribution in [0.5, 0.6) is 0 Å². The summed E-state index contributed by atoms with van der Waals surface area (Å²) in [5, 5.41) is 22.3. The molecule has 0 radical (unpaired) electrons. The van der Waals surface area contributed by atoms with Crippen LogP contribution in [0.3, 0.4) is 0 Å². The van der Waals surface area contributed by atoms with Crippen LogP contribution in [0.1, 0.15) is 42.3 Å². The van der Waals surface area contributed by atoms with Gasteiger partial charge in [-0.25, -0.2) is 4.98 Å². The lowest BCUT2D eigenvalue weighted by molar-refractivity contribution is 0.112. The van der Waals surface area contributed by atoms with E-state index < -0.39 is 6.10 Å². The predicted molar refractivity (Wildman–Crippen MR) is 147 cm³/mol. The standard InChI is InChI=1S/C27H30N4O2S.CH4O/c1-27(2,12-14-31-13-11-22-15-20(19-32)17-28-26(22)31)29-18-25(33)21-7-6-8-23(16-21)30-34-24-9-4-3-5-10-24;1-2/h3-11,13,15-17,19,25,29-30,33H,12,14,18H2,1-2H3;2H,1H3. The number of β-amino-alcohol motifs (C(OH)–C–C–N with tert-alkyl or cyclic N) is 1. The largest absolute Gasteiger partial charge is 0.400 e. The summed E-state index contributed by atoms with van der Waals surface area (Å²) in [6.07, 6.45) is 4.67. The van der Waals surface area contributed by atoms with Gasteiger partial charge in [0.15, 0.2) is 6.29 Å². The van der Waals surface area contributed by atoms with Crippen LogP contribution in [-0.2, 0) is 6.54 Å². The first kappa shape index (κ1) is 27.4. The average molecular weight is 507 g/mol. The highest BCUT2D eigenvalue weighted by molar-refractivity contribution is 8.00. The van der Waals surface area contributed by atoms with Crippen LogP contribution >= 0.6 is 11.9 Å². The fraction of sp³-hybridized carbons (Fsp3) is 0.286. The molecule has 190 valence electrons. The van der Waals surface area contributed by atoms with Gasteiger partial charge in [0.05, 0.1) is 6.10 Å². The molecule has 4 aromatic rings. The molecule has 7 nitrogen and oxygen atoms in total. The zero-order chi connectivity index (χ0) is 26.0. The van der Waals surface area contributed by atoms with Crippen molar-refractivity contribution in [3.63, 3.8) is 0 Å². The average Bonchev–Trinajstić information content (AvgIpc) is 3.33. The number of hydrogen-bond donors (Lipinski definition) is 4. The van der Waals surface area contributed by atoms with Crippen LogP contribution in [0.15, 0.2) is 84.0 Å². The lowest BCUT2D eigenvalue weighted by Crippen LogP contribution is -2.42. The van der Waals surface area contributed by atoms with Crippen molar-refractivity contribution in [1.82, 2.24) is 14.9 Å². The van der Waals surface area contributed by atoms with Crippen molar-refractivity contribution < 1.29 is 15.0 Å². The lowest BCUT2D eigenvalue weighted by atomic mass is 9.99. The minimum absolute atomic E-state index is 0.181. The van der Waals surface area contributed by atoms with E-state index in [0.717, 1.165) is 53.5 Å². The maximum atomic E-state index is 11.0. The summed E-state index contributed by atoms with van der Waals surface area (Å²) < 4.78 is 5.44. The number of aliphatic hydroxyl groups is 2. The van der Waals surface area contributed by atoms with E-state index in [1.54, 1.807) is 18.1 Å². The first-order valence-electron chi connectivity index (χ1n) is 11.8. The molecule has 0 aliphatic carbocycles. The summed E-state index contributed by atoms with van der Waals surface area (Å²) in [6, 6.07) is 21.8. The first-order valence-corrected chi connectivity index (χ1v) is 12.6. The van der Waals surface area contributed by atoms with Gasteiger partial charge in [-0.3, -0.25) is 4.79 Å². The normalized spacial score (nSPS) is 12.0. The molecule has 4 N–H and O–H groups in total. The Kier molecular flexibility index (Phi) is 10.1. The van der Waals surface area contributed by atoms with Crippen molar-refractivity contribution in [2.24, 2.45) is 0 Å². The Balaban J connectivity index is 0.00000176. The Labute approximate surface area is 216 Å². The highest BCUT2D eigenvalue weighted by Crippen LogP contribution is 2.24. The Bertz CT molecular complexity index is 1240. The SMILES string of the molecule is CC(C)(CCn1ccc2cc(C=O)cnc21)NCC(O)c1cccc(NSc2ccccc2)c1.CO. The van der Waals surface area contributed by atoms with Crippen LogP contribution in [-0.4, -0.2) is 45.2 Å². The number of fused-ring (bicyclic) bond motifs is 1. The highest BCUT2D eigenvalue weighted by atomic mass is 32.2. The third-order valence-corrected chi connectivity index (χ3v) is 6.66. The van der Waals surface area contributed by atoms with E-state index in [4.69, 9.17) is 5.11 Å². The number of hydrogen-bond acceptors (Lipinski definition) is 7. The quantitative estimate of drug-likeness (QED) is 0.167. The van der Waals surface area contributed by atoms with Crippen molar-refractivity contribution in [2.45, 2.75) is 43.4 Å². The number of anilines is 1. The fourth-order valence-electron chi connectivity index (χ4n) is 3.73. The van der Waals surface area contributed by atoms with Crippen molar-refractivity contribution in [3.05, 3.63) is 90.3 Å². The number of rotatable bonds is 11. The summed E-state index contributed by atoms with van der Waals surface area (Å²) in [5.41, 5.74) is 3.10. The van der Waals surface area contributed by atoms with Gasteiger partial charge in [-0.1, -0.05) is 30.3 Å². The molecule has 1 unspecified atom stereocenters. The summed E-state index contributed by atoms with van der Waals surface area (Å²) in [5.74, 6) is 0. The number of nitrogens with one attached hydrogen (secondary N) is 2. The second kappa shape index (κ2) is 13.2. The minimum Gasteiger partial charge on any atom is -0.400 e. The number of aldehydes is 1. The summed E-state index contributed by atoms with van der Waals surface area (Å²) in [6.45, 7) is 5.51. The molecule has 1 atom stereocenters. The summed E-state index contributed by atoms with van der Waals surface area (Å²) in [7, 11) is 1.00. The van der Waals surface area contributed by atoms with Gasteiger partial charge in [0, 0.05) is 59.7 Å². The van der Waals surface area contributed by atoms with E-state index in [2.05, 4.69) is 45.6 Å². The number of benzene rings is 2. The minimum atomic E-state index is -0.612. The number of carbonyl (C=O) groups is 1. The zero-order valence-electron chi connectivity index (χ0n) is 20.9. The molecule has 2 heterocycles. The molecule has 2 aromatic heterocycles. The van der Waals surface area contributed by atoms with E-state index in [1.807, 2.05) is 60.8 Å². The maximum Gasteiger partial charge on any atom is 0.151 e. The number of aromatic nitrogens is 2. The molecular formula is C28H34N4O3S. The Morgan fingerprint density at radius 3 is 2.61 bits per heavy atom. The molecule has 36 heavy (non-hydrogen) atoms. The second-order valence-corrected chi connectivity index (χ2v) is 9.86. The topological polar surface area (TPSA) is 99.4 Å². The molecule has 2 aromatic carbocycles. The Hall–Kier alpha value is -3.17. The molecule has 0 spiro atoms. The summed E-state index contributed by atoms with van der Waals surface area (Å²) in [4.78, 5) is 16.5. The maximum absolute atomic E-state index is 11.0. The van der Waals surface area contributed by atoms with Crippen molar-refractivity contribution in [3.8, 4) is 0 Å². The summed E-state index contributed by atoms with van der Waals surface area (Å²) >= 11 is 1.55. The van der Waals surface area contributed by atoms with Gasteiger partial charge in [0.1, 0.15) is 5.65 Å². The van der Waals surface area contributed by atoms with E-state index in [1.165, 1.54) is 0 Å². The van der Waals surface area contributed by atoms with Crippen LogP contribution in [0.4, 0.5) is 5.69 Å². The molecule has 0 aliphatic rings. The van der Waals surface area contributed by atoms with E-state index in [0.29, 0.717) is 12.1 Å². The number of pyridine rings is 1. The smallest absolute Gasteiger partial charge is 0.151 e. The Morgan fingerprint density at radius 2 is 1.86 bits per heavy atom. The van der Waals surface area contributed by atoms with Gasteiger partial charge in [-0.15, -0.1) is 0 Å². The molecule has 0 bridgehead atoms. The van der Waals surface area contributed by atoms with Crippen molar-refractivity contribution in [1.29, 1.82) is 0 Å². The van der Waals surface area contributed by atoms with Crippen LogP contribution in [0, 0.1) is 0 Å². The Morgan fingerprint density at radius 1 is 1.08 bits per heavy atom. The van der Waals surface area contributed by atoms with E-state index >= 15 is 0 Å². The molecule has 0 saturated heterocycles. The molecule has 0 fully saturated rings. The van der Waals surface area contributed by atoms with Gasteiger partial charge in [0.25, 0.3) is 0 Å². The van der Waals surface area contributed by atoms with E-state index in [-0.39, 0.29) is 5.54 Å². The van der Waals surface area contributed by atoms with Crippen LogP contribution in [0.2, 0.25) is 0 Å². The number of carbonyl (C=O) groups excluding carboxylic acids is 1. The van der Waals surface area contributed by atoms with Crippen molar-refractivity contribution in [2.75, 3.05) is 18.4 Å². The predicted octanol–water partition coefficient (Wildman–Crippen LogP) is 5.07. The number of aryl methyl sites for hydroxylation is 1. The first-order chi connectivity index (χ1) is 17.4. The third-order valence-electron chi connectivity index (χ3n) is 5.81. The van der Waals surface area contributed by atoms with Gasteiger partial charge in [0.2, 0.25) is 0 Å². The number of nitrogens with zero attached hydrogens (tertiary/aromatic N) is 2. The molecule has 8 heteroatoms. The molecule has 4 rings (SSSR count). The lowest BCUT2D eigenvalue weighted by Gasteiger charge is -2.28. The highest BCUT2D eigenvalue weighted by Gasteiger charge is 2.20. The zero-order valence-corrected chi connectivity index (χ0v) is 21.7. The number of aliphatic hydroxyl groups excluding tert-OH is 2. The van der Waals surface area contributed by atoms with Crippen LogP contribution in [0.25, 0.3) is 11.0 Å². The molecule has 0 saturated carbocycles.